The van der Waals surface area contributed by atoms with Gasteiger partial charge in [-0.3, -0.25) is 0 Å². The summed E-state index contributed by atoms with van der Waals surface area (Å²) >= 11 is 0. The van der Waals surface area contributed by atoms with E-state index >= 15 is 0 Å². The number of hydrogen-bond acceptors (Lipinski definition) is 3. The van der Waals surface area contributed by atoms with Crippen molar-refractivity contribution in [1.29, 1.82) is 0 Å². The lowest BCUT2D eigenvalue weighted by atomic mass is 10.2. The minimum absolute atomic E-state index is 0.0500. The molecule has 0 bridgehead atoms. The zero-order chi connectivity index (χ0) is 11.5. The van der Waals surface area contributed by atoms with Gasteiger partial charge in [-0.1, -0.05) is 0 Å². The van der Waals surface area contributed by atoms with Gasteiger partial charge in [-0.15, -0.1) is 0 Å². The minimum atomic E-state index is -0.992. The Bertz CT molecular complexity index is 518. The van der Waals surface area contributed by atoms with Gasteiger partial charge in [-0.25, -0.2) is 4.79 Å². The third kappa shape index (κ3) is 1.99. The molecule has 5 nitrogen and oxygen atoms in total. The van der Waals surface area contributed by atoms with Gasteiger partial charge in [0.2, 0.25) is 0 Å². The maximum Gasteiger partial charge on any atom is 0.352 e. The van der Waals surface area contributed by atoms with Gasteiger partial charge in [0.1, 0.15) is 18.1 Å². The van der Waals surface area contributed by atoms with Gasteiger partial charge in [-0.2, -0.15) is 0 Å². The van der Waals surface area contributed by atoms with Crippen LogP contribution in [0.5, 0.6) is 5.75 Å². The molecule has 5 heteroatoms. The summed E-state index contributed by atoms with van der Waals surface area (Å²) in [4.78, 5) is 13.5. The first-order valence-corrected chi connectivity index (χ1v) is 4.80. The number of H-pyrrole nitrogens is 1. The average molecular weight is 221 g/mol. The second-order valence-electron chi connectivity index (χ2n) is 3.31. The van der Waals surface area contributed by atoms with Crippen LogP contribution in [0.4, 0.5) is 0 Å². The number of aliphatic hydroxyl groups is 1. The Hall–Kier alpha value is -2.01. The van der Waals surface area contributed by atoms with E-state index in [-0.39, 0.29) is 18.9 Å². The van der Waals surface area contributed by atoms with Gasteiger partial charge in [0.25, 0.3) is 0 Å². The fraction of sp³-hybridized carbons (Fsp3) is 0.182. The molecule has 2 rings (SSSR count). The summed E-state index contributed by atoms with van der Waals surface area (Å²) in [7, 11) is 0. The van der Waals surface area contributed by atoms with Gasteiger partial charge >= 0.3 is 5.97 Å². The summed E-state index contributed by atoms with van der Waals surface area (Å²) in [6.07, 6.45) is 0. The van der Waals surface area contributed by atoms with Crippen LogP contribution < -0.4 is 4.74 Å². The lowest BCUT2D eigenvalue weighted by Gasteiger charge is -2.03. The van der Waals surface area contributed by atoms with Crippen molar-refractivity contribution in [2.75, 3.05) is 13.2 Å². The summed E-state index contributed by atoms with van der Waals surface area (Å²) in [5, 5.41) is 18.2. The quantitative estimate of drug-likeness (QED) is 0.725. The monoisotopic (exact) mass is 221 g/mol. The van der Waals surface area contributed by atoms with Crippen LogP contribution in [-0.4, -0.2) is 34.4 Å². The first-order valence-electron chi connectivity index (χ1n) is 4.80. The van der Waals surface area contributed by atoms with E-state index in [0.29, 0.717) is 5.75 Å². The molecular weight excluding hydrogens is 210 g/mol. The number of aromatic carboxylic acids is 1. The summed E-state index contributed by atoms with van der Waals surface area (Å²) < 4.78 is 5.22. The Morgan fingerprint density at radius 1 is 1.38 bits per heavy atom. The molecule has 1 heterocycles. The van der Waals surface area contributed by atoms with Crippen LogP contribution in [0, 0.1) is 0 Å². The molecule has 84 valence electrons. The number of hydrogen-bond donors (Lipinski definition) is 3. The second kappa shape index (κ2) is 4.24. The number of nitrogens with one attached hydrogen (secondary N) is 1. The molecule has 0 aliphatic rings. The molecule has 1 aromatic carbocycles. The van der Waals surface area contributed by atoms with Crippen LogP contribution in [0.2, 0.25) is 0 Å². The number of carbonyl (C=O) groups is 1. The normalized spacial score (nSPS) is 10.6. The number of aromatic amines is 1. The standard InChI is InChI=1S/C11H11NO4/c13-3-4-16-8-1-2-9-7(5-8)6-10(12-9)11(14)15/h1-2,5-6,12-13H,3-4H2,(H,14,15). The molecule has 0 aliphatic carbocycles. The van der Waals surface area contributed by atoms with Crippen LogP contribution in [0.15, 0.2) is 24.3 Å². The van der Waals surface area contributed by atoms with Gasteiger partial charge in [-0.05, 0) is 24.3 Å². The van der Waals surface area contributed by atoms with E-state index in [1.807, 2.05) is 0 Å². The van der Waals surface area contributed by atoms with E-state index in [1.165, 1.54) is 0 Å². The van der Waals surface area contributed by atoms with E-state index in [4.69, 9.17) is 14.9 Å². The molecule has 0 atom stereocenters. The molecular formula is C11H11NO4. The maximum atomic E-state index is 10.7. The predicted octanol–water partition coefficient (Wildman–Crippen LogP) is 1.24. The third-order valence-corrected chi connectivity index (χ3v) is 2.18. The van der Waals surface area contributed by atoms with E-state index in [0.717, 1.165) is 10.9 Å². The smallest absolute Gasteiger partial charge is 0.352 e. The van der Waals surface area contributed by atoms with Gasteiger partial charge in [0.05, 0.1) is 6.61 Å². The van der Waals surface area contributed by atoms with E-state index < -0.39 is 5.97 Å². The van der Waals surface area contributed by atoms with Gasteiger partial charge in [0.15, 0.2) is 0 Å². The van der Waals surface area contributed by atoms with Crippen molar-refractivity contribution in [3.8, 4) is 5.75 Å². The third-order valence-electron chi connectivity index (χ3n) is 2.18. The highest BCUT2D eigenvalue weighted by molar-refractivity contribution is 5.94. The SMILES string of the molecule is O=C(O)c1cc2cc(OCCO)ccc2[nH]1. The van der Waals surface area contributed by atoms with E-state index in [9.17, 15) is 4.79 Å². The van der Waals surface area contributed by atoms with Crippen LogP contribution in [0.1, 0.15) is 10.5 Å². The molecule has 0 saturated carbocycles. The summed E-state index contributed by atoms with van der Waals surface area (Å²) in [5.41, 5.74) is 0.892. The Balaban J connectivity index is 2.34. The minimum Gasteiger partial charge on any atom is -0.491 e. The molecule has 3 N–H and O–H groups in total. The molecule has 0 aliphatic heterocycles. The van der Waals surface area contributed by atoms with Crippen LogP contribution >= 0.6 is 0 Å². The highest BCUT2D eigenvalue weighted by Crippen LogP contribution is 2.21. The lowest BCUT2D eigenvalue weighted by molar-refractivity contribution is 0.0691. The number of fused-ring (bicyclic) bond motifs is 1. The summed E-state index contributed by atoms with van der Waals surface area (Å²) in [6.45, 7) is 0.174. The van der Waals surface area contributed by atoms with E-state index in [2.05, 4.69) is 4.98 Å². The number of aliphatic hydroxyl groups excluding tert-OH is 1. The van der Waals surface area contributed by atoms with E-state index in [1.54, 1.807) is 24.3 Å². The van der Waals surface area contributed by atoms with Crippen molar-refractivity contribution >= 4 is 16.9 Å². The van der Waals surface area contributed by atoms with Gasteiger partial charge < -0.3 is 19.9 Å². The lowest BCUT2D eigenvalue weighted by Crippen LogP contribution is -2.01. The maximum absolute atomic E-state index is 10.7. The van der Waals surface area contributed by atoms with Crippen molar-refractivity contribution in [3.63, 3.8) is 0 Å². The second-order valence-corrected chi connectivity index (χ2v) is 3.31. The molecule has 0 unspecified atom stereocenters. The topological polar surface area (TPSA) is 82.6 Å². The zero-order valence-electron chi connectivity index (χ0n) is 8.43. The first-order chi connectivity index (χ1) is 7.70. The first kappa shape index (κ1) is 10.5. The Morgan fingerprint density at radius 2 is 2.19 bits per heavy atom. The molecule has 0 fully saturated rings. The Morgan fingerprint density at radius 3 is 2.88 bits per heavy atom. The van der Waals surface area contributed by atoms with Crippen LogP contribution in [0.25, 0.3) is 10.9 Å². The van der Waals surface area contributed by atoms with Crippen molar-refractivity contribution in [1.82, 2.24) is 4.98 Å². The fourth-order valence-corrected chi connectivity index (χ4v) is 1.48. The zero-order valence-corrected chi connectivity index (χ0v) is 8.43. The average Bonchev–Trinajstić information content (AvgIpc) is 2.69. The number of benzene rings is 1. The largest absolute Gasteiger partial charge is 0.491 e. The summed E-state index contributed by atoms with van der Waals surface area (Å²) in [6, 6.07) is 6.74. The highest BCUT2D eigenvalue weighted by atomic mass is 16.5. The molecule has 0 spiro atoms. The molecule has 2 aromatic rings. The number of ether oxygens (including phenoxy) is 1. The highest BCUT2D eigenvalue weighted by Gasteiger charge is 2.07. The number of carboxylic acids is 1. The Labute approximate surface area is 91.3 Å². The molecule has 0 radical (unpaired) electrons. The van der Waals surface area contributed by atoms with Crippen molar-refractivity contribution in [2.24, 2.45) is 0 Å². The van der Waals surface area contributed by atoms with Crippen molar-refractivity contribution in [2.45, 2.75) is 0 Å². The van der Waals surface area contributed by atoms with Crippen LogP contribution in [0.3, 0.4) is 0 Å². The number of aromatic nitrogens is 1. The predicted molar refractivity (Wildman–Crippen MR) is 57.8 cm³/mol. The number of rotatable bonds is 4. The van der Waals surface area contributed by atoms with Crippen molar-refractivity contribution in [3.05, 3.63) is 30.0 Å². The molecule has 0 amide bonds. The molecule has 0 saturated heterocycles. The molecule has 16 heavy (non-hydrogen) atoms. The van der Waals surface area contributed by atoms with Crippen LogP contribution in [-0.2, 0) is 0 Å². The number of carboxylic acid groups (broad SMARTS) is 1. The molecule has 1 aromatic heterocycles. The summed E-state index contributed by atoms with van der Waals surface area (Å²) in [5.74, 6) is -0.383. The van der Waals surface area contributed by atoms with Crippen molar-refractivity contribution < 1.29 is 19.7 Å². The fourth-order valence-electron chi connectivity index (χ4n) is 1.48. The van der Waals surface area contributed by atoms with Gasteiger partial charge in [0, 0.05) is 10.9 Å². The Kier molecular flexibility index (Phi) is 2.78.